The second-order valence-corrected chi connectivity index (χ2v) is 24.6. The zero-order chi connectivity index (χ0) is 66.2. The van der Waals surface area contributed by atoms with Crippen molar-refractivity contribution in [3.8, 4) is 17.2 Å². The van der Waals surface area contributed by atoms with Gasteiger partial charge in [-0.1, -0.05) is 30.3 Å². The summed E-state index contributed by atoms with van der Waals surface area (Å²) in [4.78, 5) is -4.07. The van der Waals surface area contributed by atoms with E-state index in [-0.39, 0.29) is 54.9 Å². The Morgan fingerprint density at radius 3 is 1.31 bits per heavy atom. The van der Waals surface area contributed by atoms with Crippen LogP contribution in [0, 0.1) is 0 Å². The van der Waals surface area contributed by atoms with Crippen molar-refractivity contribution < 1.29 is 123 Å². The lowest BCUT2D eigenvalue weighted by molar-refractivity contribution is 0.281. The molecule has 88 heavy (non-hydrogen) atoms. The predicted molar refractivity (Wildman–Crippen MR) is 295 cm³/mol. The van der Waals surface area contributed by atoms with Crippen molar-refractivity contribution in [1.29, 1.82) is 0 Å². The fraction of sp³-hybridized carbons (Fsp3) is 0.0233. The van der Waals surface area contributed by atoms with E-state index in [4.69, 9.17) is 43.6 Å². The summed E-state index contributed by atoms with van der Waals surface area (Å²) in [6.45, 7) is -0.581. The van der Waals surface area contributed by atoms with E-state index in [9.17, 15) is 85.3 Å². The monoisotopic (exact) mass is 1380 g/mol. The summed E-state index contributed by atoms with van der Waals surface area (Å²) in [6, 6.07) is 19.2. The minimum atomic E-state index is -5.20. The minimum Gasteiger partial charge on any atom is -0.505 e. The Balaban J connectivity index is 0.00000108. The number of benzene rings is 8. The number of nitrogens with two attached hydrogens (primary N) is 1. The molecule has 11 N–H and O–H groups in total. The van der Waals surface area contributed by atoms with Crippen LogP contribution >= 0.6 is 0 Å². The predicted octanol–water partition coefficient (Wildman–Crippen LogP) is 6.22. The molecule has 0 heterocycles. The summed E-state index contributed by atoms with van der Waals surface area (Å²) < 4.78 is 248. The average molecular weight is 1380 g/mol. The molecule has 0 spiro atoms. The third-order valence-corrected chi connectivity index (χ3v) is 15.2. The first-order valence-corrected chi connectivity index (χ1v) is 32.2. The molecule has 0 saturated carbocycles. The summed E-state index contributed by atoms with van der Waals surface area (Å²) in [7, 11) is -34.4. The Labute approximate surface area is 495 Å². The smallest absolute Gasteiger partial charge is 0.425 e. The van der Waals surface area contributed by atoms with Crippen molar-refractivity contribution in [3.63, 3.8) is 0 Å². The fourth-order valence-corrected chi connectivity index (χ4v) is 10.4. The van der Waals surface area contributed by atoms with Crippen LogP contribution < -0.4 is 5.73 Å². The van der Waals surface area contributed by atoms with Gasteiger partial charge < -0.3 is 26.2 Å². The summed E-state index contributed by atoms with van der Waals surface area (Å²) in [5, 5.41) is 73.1. The zero-order valence-corrected chi connectivity index (χ0v) is 48.8. The number of aliphatic hydroxyl groups excluding tert-OH is 1. The number of nitrogen functional groups attached to an aromatic ring is 1. The summed E-state index contributed by atoms with van der Waals surface area (Å²) >= 11 is 0. The van der Waals surface area contributed by atoms with E-state index >= 15 is 0 Å². The van der Waals surface area contributed by atoms with Crippen molar-refractivity contribution in [1.82, 2.24) is 0 Å². The molecular formula is C43H31N9O28S8. The van der Waals surface area contributed by atoms with E-state index in [2.05, 4.69) is 40.9 Å². The molecule has 8 aromatic rings. The van der Waals surface area contributed by atoms with Gasteiger partial charge in [0.25, 0.3) is 50.6 Å². The highest BCUT2D eigenvalue weighted by atomic mass is 32.2. The normalized spacial score (nSPS) is 12.2. The van der Waals surface area contributed by atoms with Crippen LogP contribution in [0.25, 0.3) is 32.3 Å². The van der Waals surface area contributed by atoms with Crippen LogP contribution in [0.4, 0.5) is 51.2 Å². The number of phenols is 3. The van der Waals surface area contributed by atoms with Gasteiger partial charge in [0.05, 0.1) is 34.0 Å². The lowest BCUT2D eigenvalue weighted by Crippen LogP contribution is -2.01. The van der Waals surface area contributed by atoms with Gasteiger partial charge in [-0.25, -0.2) is 0 Å². The zero-order valence-electron chi connectivity index (χ0n) is 42.3. The van der Waals surface area contributed by atoms with Gasteiger partial charge in [-0.3, -0.25) is 22.8 Å². The number of nitrogens with zero attached hydrogens (tertiary/aromatic N) is 8. The maximum absolute atomic E-state index is 12.7. The summed E-state index contributed by atoms with van der Waals surface area (Å²) in [5.41, 5.74) is 1.89. The van der Waals surface area contributed by atoms with Crippen LogP contribution in [0.2, 0.25) is 0 Å². The molecule has 0 atom stereocenters. The molecule has 37 nitrogen and oxygen atoms in total. The Morgan fingerprint density at radius 2 is 0.784 bits per heavy atom. The molecule has 8 aromatic carbocycles. The third kappa shape index (κ3) is 17.8. The van der Waals surface area contributed by atoms with Gasteiger partial charge in [0.1, 0.15) is 53.7 Å². The lowest BCUT2D eigenvalue weighted by atomic mass is 10.1. The number of rotatable bonds is 14. The van der Waals surface area contributed by atoms with Gasteiger partial charge in [0.2, 0.25) is 0 Å². The van der Waals surface area contributed by atoms with Crippen LogP contribution in [0.1, 0.15) is 5.56 Å². The van der Waals surface area contributed by atoms with Crippen molar-refractivity contribution >= 4 is 166 Å². The van der Waals surface area contributed by atoms with Gasteiger partial charge >= 0.3 is 31.8 Å². The van der Waals surface area contributed by atoms with Crippen molar-refractivity contribution in [2.45, 2.75) is 31.1 Å². The number of fused-ring (bicyclic) bond motifs is 3. The Morgan fingerprint density at radius 1 is 0.375 bits per heavy atom. The van der Waals surface area contributed by atoms with Crippen molar-refractivity contribution in [3.05, 3.63) is 115 Å². The van der Waals surface area contributed by atoms with Crippen LogP contribution in [0.3, 0.4) is 0 Å². The number of phenolic OH excluding ortho intramolecular Hbond substituents is 3. The first-order chi connectivity index (χ1) is 40.6. The number of azo groups is 4. The molecule has 0 aromatic heterocycles. The molecule has 0 unspecified atom stereocenters. The second-order valence-electron chi connectivity index (χ2n) is 16.4. The van der Waals surface area contributed by atoms with Gasteiger partial charge in [-0.05, 0) is 101 Å². The fourth-order valence-electron chi connectivity index (χ4n) is 7.29. The molecule has 0 amide bonds. The Kier molecular flexibility index (Phi) is 21.6. The Bertz CT molecular complexity index is 5230. The second kappa shape index (κ2) is 27.5. The van der Waals surface area contributed by atoms with E-state index in [1.165, 1.54) is 36.4 Å². The highest BCUT2D eigenvalue weighted by Gasteiger charge is 2.26. The molecule has 0 fully saturated rings. The summed E-state index contributed by atoms with van der Waals surface area (Å²) in [6.07, 6.45) is 0. The largest absolute Gasteiger partial charge is 0.505 e. The van der Waals surface area contributed by atoms with Gasteiger partial charge in [-0.15, -0.1) is 68.6 Å². The van der Waals surface area contributed by atoms with Crippen molar-refractivity contribution in [2.75, 3.05) is 5.73 Å². The maximum Gasteiger partial charge on any atom is 0.425 e. The number of hydrogen-bond acceptors (Lipinski definition) is 32. The van der Waals surface area contributed by atoms with E-state index < -0.39 is 165 Å². The molecule has 0 aliphatic heterocycles. The first kappa shape index (κ1) is 69.3. The van der Waals surface area contributed by atoms with E-state index in [1.807, 2.05) is 0 Å². The SMILES string of the molecule is Nc1c(N=Nc2ccc3cc(S(=O)(=O)O)c(N=Nc4cccc(S(=O)(=O)O)c4)c(O)c3c2)c(S(=O)(=O)O)cc2ccc(N=Nc3cc4c(O)c(N=Nc5ccc(CO)cc5S(=O)(=O)O)ccc4cc3S(=O)(=O)O)c(O)c12.O=S(=O)=O.O=S(=O)=O.O=S(=O)=O. The highest BCUT2D eigenvalue weighted by molar-refractivity contribution is 7.87. The van der Waals surface area contributed by atoms with Gasteiger partial charge in [0, 0.05) is 10.8 Å². The first-order valence-electron chi connectivity index (χ1n) is 22.0. The quantitative estimate of drug-likeness (QED) is 0.0328. The number of aliphatic hydroxyl groups is 1. The molecule has 0 aliphatic rings. The molecule has 0 saturated heterocycles. The van der Waals surface area contributed by atoms with Crippen LogP contribution in [0.5, 0.6) is 17.2 Å². The maximum atomic E-state index is 12.7. The standard InChI is InChI=1S/C43H31N9O19S5.3O3S/c44-38-37-23(7-11-31(43(37)56)49-50-32-18-28-22(13-34(32)74(63,64)65)6-10-30(41(28)54)48-47-29-9-4-20(19-53)12-33(29)73(60,61)62)15-35(75(66,67)68)39(38)51-46-25-8-5-21-14-36(76(69,70)71)40(42(55)27(21)17-25)52-45-24-2-1-3-26(16-24)72(57,58)59;3*1-4(2)3/h1-18,53-56H,19,44H2,(H,57,58,59)(H,60,61,62)(H,63,64,65)(H,66,67,68)(H,69,70,71);;;. The molecule has 464 valence electrons. The molecular weight excluding hydrogens is 1350 g/mol. The molecule has 0 aliphatic carbocycles. The number of hydrogen-bond donors (Lipinski definition) is 10. The van der Waals surface area contributed by atoms with Crippen molar-refractivity contribution in [2.24, 2.45) is 40.9 Å². The highest BCUT2D eigenvalue weighted by Crippen LogP contribution is 2.48. The summed E-state index contributed by atoms with van der Waals surface area (Å²) in [5.74, 6) is -2.45. The van der Waals surface area contributed by atoms with Crippen LogP contribution in [-0.4, -0.2) is 123 Å². The molecule has 0 bridgehead atoms. The Hall–Kier alpha value is -9.49. The van der Waals surface area contributed by atoms with Crippen LogP contribution in [0.15, 0.2) is 175 Å². The average Bonchev–Trinajstić information content (AvgIpc) is 1.31. The number of anilines is 1. The van der Waals surface area contributed by atoms with Crippen LogP contribution in [-0.2, 0) is 89.0 Å². The minimum absolute atomic E-state index is 0.0189. The molecule has 45 heteroatoms. The van der Waals surface area contributed by atoms with Gasteiger partial charge in [-0.2, -0.15) is 52.3 Å². The van der Waals surface area contributed by atoms with E-state index in [0.717, 1.165) is 72.8 Å². The lowest BCUT2D eigenvalue weighted by Gasteiger charge is -2.12. The van der Waals surface area contributed by atoms with E-state index in [0.29, 0.717) is 0 Å². The van der Waals surface area contributed by atoms with Gasteiger partial charge in [0.15, 0.2) is 17.2 Å². The van der Waals surface area contributed by atoms with E-state index in [1.54, 1.807) is 0 Å². The molecule has 0 radical (unpaired) electrons. The topological polar surface area (TPSA) is 631 Å². The number of aromatic hydroxyl groups is 3. The third-order valence-electron chi connectivity index (χ3n) is 10.8. The molecule has 8 rings (SSSR count).